The summed E-state index contributed by atoms with van der Waals surface area (Å²) in [4.78, 5) is 2.64. The molecule has 0 N–H and O–H groups in total. The van der Waals surface area contributed by atoms with Gasteiger partial charge in [-0.2, -0.15) is 5.26 Å². The van der Waals surface area contributed by atoms with Crippen molar-refractivity contribution < 1.29 is 0 Å². The van der Waals surface area contributed by atoms with Crippen LogP contribution in [0.4, 0.5) is 0 Å². The van der Waals surface area contributed by atoms with Crippen LogP contribution < -0.4 is 0 Å². The van der Waals surface area contributed by atoms with Crippen molar-refractivity contribution in [3.8, 4) is 6.07 Å². The van der Waals surface area contributed by atoms with Crippen LogP contribution in [0.25, 0.3) is 0 Å². The predicted molar refractivity (Wildman–Crippen MR) is 206 cm³/mol. The van der Waals surface area contributed by atoms with Crippen molar-refractivity contribution in [1.82, 2.24) is 4.90 Å². The fraction of sp³-hybridized carbons (Fsp3) is 0.841. The lowest BCUT2D eigenvalue weighted by Crippen LogP contribution is -2.26. The molecule has 0 amide bonds. The molecule has 266 valence electrons. The molecule has 0 fully saturated rings. The molecule has 0 aromatic heterocycles. The van der Waals surface area contributed by atoms with Gasteiger partial charge in [0.2, 0.25) is 0 Å². The van der Waals surface area contributed by atoms with Crippen molar-refractivity contribution in [3.63, 3.8) is 0 Å². The molecule has 0 saturated heterocycles. The number of hydrogen-bond donors (Lipinski definition) is 0. The highest BCUT2D eigenvalue weighted by Crippen LogP contribution is 2.17. The fourth-order valence-electron chi connectivity index (χ4n) is 7.05. The molecule has 0 radical (unpaired) electrons. The summed E-state index contributed by atoms with van der Waals surface area (Å²) >= 11 is 0. The molecule has 0 atom stereocenters. The Bertz CT molecular complexity index is 744. The molecule has 0 aliphatic heterocycles. The summed E-state index contributed by atoms with van der Waals surface area (Å²) in [5, 5.41) is 9.61. The van der Waals surface area contributed by atoms with Gasteiger partial charge in [0, 0.05) is 6.54 Å². The number of benzene rings is 1. The van der Waals surface area contributed by atoms with Gasteiger partial charge in [-0.15, -0.1) is 0 Å². The van der Waals surface area contributed by atoms with E-state index < -0.39 is 0 Å². The average molecular weight is 637 g/mol. The van der Waals surface area contributed by atoms with E-state index in [1.165, 1.54) is 224 Å². The van der Waals surface area contributed by atoms with Gasteiger partial charge >= 0.3 is 0 Å². The number of unbranched alkanes of at least 4 members (excludes halogenated alkanes) is 30. The van der Waals surface area contributed by atoms with E-state index in [4.69, 9.17) is 0 Å². The normalized spacial score (nSPS) is 11.4. The zero-order valence-electron chi connectivity index (χ0n) is 31.5. The van der Waals surface area contributed by atoms with E-state index in [9.17, 15) is 5.26 Å². The quantitative estimate of drug-likeness (QED) is 0.0685. The van der Waals surface area contributed by atoms with E-state index in [2.05, 4.69) is 36.9 Å². The van der Waals surface area contributed by atoms with Crippen LogP contribution in [-0.4, -0.2) is 18.0 Å². The van der Waals surface area contributed by atoms with E-state index in [1.54, 1.807) is 0 Å². The Morgan fingerprint density at radius 2 is 0.696 bits per heavy atom. The fourth-order valence-corrected chi connectivity index (χ4v) is 7.05. The van der Waals surface area contributed by atoms with Crippen LogP contribution in [0.3, 0.4) is 0 Å². The van der Waals surface area contributed by atoms with Crippen LogP contribution >= 0.6 is 0 Å². The maximum Gasteiger partial charge on any atom is 0.0995 e. The first-order chi connectivity index (χ1) is 22.8. The largest absolute Gasteiger partial charge is 0.299 e. The van der Waals surface area contributed by atoms with Crippen LogP contribution in [0.1, 0.15) is 230 Å². The van der Waals surface area contributed by atoms with Crippen LogP contribution in [0.5, 0.6) is 0 Å². The molecule has 1 aromatic carbocycles. The van der Waals surface area contributed by atoms with Crippen LogP contribution in [0.15, 0.2) is 24.3 Å². The van der Waals surface area contributed by atoms with Gasteiger partial charge in [-0.25, -0.2) is 0 Å². The minimum absolute atomic E-state index is 0.853. The molecule has 0 spiro atoms. The number of rotatable bonds is 36. The van der Waals surface area contributed by atoms with Crippen molar-refractivity contribution in [1.29, 1.82) is 5.26 Å². The lowest BCUT2D eigenvalue weighted by atomic mass is 10.0. The highest BCUT2D eigenvalue weighted by atomic mass is 15.1. The molecule has 1 aromatic rings. The van der Waals surface area contributed by atoms with E-state index >= 15 is 0 Å². The monoisotopic (exact) mass is 637 g/mol. The van der Waals surface area contributed by atoms with Crippen molar-refractivity contribution in [2.75, 3.05) is 13.1 Å². The van der Waals surface area contributed by atoms with Crippen molar-refractivity contribution in [2.24, 2.45) is 0 Å². The molecule has 0 bridgehead atoms. The standard InChI is InChI=1S/C44H80N2/c1-3-5-7-9-11-13-15-17-19-21-23-25-27-29-31-35-39-46(42-44-38-34-33-37-43(44)41-45)40-36-32-30-28-26-24-22-20-18-16-14-12-10-8-6-4-2/h33-34,37-38H,3-32,35-36,39-40,42H2,1-2H3. The van der Waals surface area contributed by atoms with Gasteiger partial charge in [-0.3, -0.25) is 4.90 Å². The van der Waals surface area contributed by atoms with E-state index in [0.29, 0.717) is 0 Å². The van der Waals surface area contributed by atoms with Gasteiger partial charge in [-0.1, -0.05) is 225 Å². The summed E-state index contributed by atoms with van der Waals surface area (Å²) < 4.78 is 0. The molecule has 0 heterocycles. The maximum absolute atomic E-state index is 9.61. The Morgan fingerprint density at radius 1 is 0.413 bits per heavy atom. The minimum Gasteiger partial charge on any atom is -0.299 e. The molecule has 0 aliphatic rings. The summed E-state index contributed by atoms with van der Waals surface area (Å²) in [7, 11) is 0. The zero-order valence-corrected chi connectivity index (χ0v) is 31.5. The van der Waals surface area contributed by atoms with Crippen molar-refractivity contribution in [3.05, 3.63) is 35.4 Å². The Labute approximate surface area is 289 Å². The van der Waals surface area contributed by atoms with Crippen LogP contribution in [0.2, 0.25) is 0 Å². The van der Waals surface area contributed by atoms with Crippen molar-refractivity contribution in [2.45, 2.75) is 226 Å². The SMILES string of the molecule is CCCCCCCCCCCCCCCCCCN(CCCCCCCCCCCCCCCCCC)Cc1ccccc1C#N. The zero-order chi connectivity index (χ0) is 33.0. The lowest BCUT2D eigenvalue weighted by molar-refractivity contribution is 0.252. The van der Waals surface area contributed by atoms with Gasteiger partial charge in [0.05, 0.1) is 11.6 Å². The van der Waals surface area contributed by atoms with Crippen LogP contribution in [0, 0.1) is 11.3 Å². The summed E-state index contributed by atoms with van der Waals surface area (Å²) in [5.74, 6) is 0. The highest BCUT2D eigenvalue weighted by molar-refractivity contribution is 5.37. The third-order valence-corrected chi connectivity index (χ3v) is 10.2. The molecule has 0 saturated carbocycles. The number of nitrogens with zero attached hydrogens (tertiary/aromatic N) is 2. The second-order valence-corrected chi connectivity index (χ2v) is 14.7. The first-order valence-electron chi connectivity index (χ1n) is 21.0. The Balaban J connectivity index is 2.09. The molecule has 46 heavy (non-hydrogen) atoms. The van der Waals surface area contributed by atoms with E-state index in [0.717, 1.165) is 12.1 Å². The number of nitriles is 1. The number of hydrogen-bond acceptors (Lipinski definition) is 2. The molecule has 1 rings (SSSR count). The Morgan fingerprint density at radius 3 is 1.00 bits per heavy atom. The Hall–Kier alpha value is -1.33. The lowest BCUT2D eigenvalue weighted by Gasteiger charge is -2.23. The third-order valence-electron chi connectivity index (χ3n) is 10.2. The first-order valence-corrected chi connectivity index (χ1v) is 21.0. The van der Waals surface area contributed by atoms with Gasteiger partial charge in [0.25, 0.3) is 0 Å². The predicted octanol–water partition coefficient (Wildman–Crippen LogP) is 14.9. The van der Waals surface area contributed by atoms with E-state index in [1.807, 2.05) is 12.1 Å². The summed E-state index contributed by atoms with van der Waals surface area (Å²) in [6, 6.07) is 10.7. The topological polar surface area (TPSA) is 27.0 Å². The smallest absolute Gasteiger partial charge is 0.0995 e. The van der Waals surface area contributed by atoms with Crippen LogP contribution in [-0.2, 0) is 6.54 Å². The summed E-state index contributed by atoms with van der Waals surface area (Å²) in [6.07, 6.45) is 45.5. The van der Waals surface area contributed by atoms with Gasteiger partial charge < -0.3 is 0 Å². The van der Waals surface area contributed by atoms with Gasteiger partial charge in [-0.05, 0) is 37.6 Å². The highest BCUT2D eigenvalue weighted by Gasteiger charge is 2.09. The van der Waals surface area contributed by atoms with Gasteiger partial charge in [0.15, 0.2) is 0 Å². The molecule has 0 unspecified atom stereocenters. The first kappa shape index (κ1) is 42.7. The maximum atomic E-state index is 9.61. The molecule has 0 aliphatic carbocycles. The third kappa shape index (κ3) is 27.8. The minimum atomic E-state index is 0.853. The van der Waals surface area contributed by atoms with Crippen molar-refractivity contribution >= 4 is 0 Å². The molecular weight excluding hydrogens is 556 g/mol. The molecular formula is C44H80N2. The average Bonchev–Trinajstić information content (AvgIpc) is 3.07. The van der Waals surface area contributed by atoms with Gasteiger partial charge in [0.1, 0.15) is 0 Å². The van der Waals surface area contributed by atoms with E-state index in [-0.39, 0.29) is 0 Å². The second kappa shape index (κ2) is 35.0. The molecule has 2 nitrogen and oxygen atoms in total. The molecule has 2 heteroatoms. The summed E-state index contributed by atoms with van der Waals surface area (Å²) in [5.41, 5.74) is 2.06. The second-order valence-electron chi connectivity index (χ2n) is 14.7. The summed E-state index contributed by atoms with van der Waals surface area (Å²) in [6.45, 7) is 7.89. The Kier molecular flexibility index (Phi) is 32.5.